The standard InChI is InChI=1S/C21H23F2N3O3/c1-13(24)20(28)25(3)21(29)14(2)26(18-7-5-4-6-8-18)19(27)11-15-9-16(22)12-17(23)10-15/h4-10,12-14H,11,24H2,1-3H3/t13-,14-/m0/s1. The van der Waals surface area contributed by atoms with Gasteiger partial charge in [0.2, 0.25) is 11.8 Å². The highest BCUT2D eigenvalue weighted by atomic mass is 19.1. The van der Waals surface area contributed by atoms with E-state index in [1.54, 1.807) is 30.3 Å². The van der Waals surface area contributed by atoms with Gasteiger partial charge in [0.15, 0.2) is 0 Å². The summed E-state index contributed by atoms with van der Waals surface area (Å²) >= 11 is 0. The molecule has 2 N–H and O–H groups in total. The lowest BCUT2D eigenvalue weighted by molar-refractivity contribution is -0.145. The van der Waals surface area contributed by atoms with Crippen LogP contribution in [0.2, 0.25) is 0 Å². The SMILES string of the molecule is C[C@H](N)C(=O)N(C)C(=O)[C@H](C)N(C(=O)Cc1cc(F)cc(F)c1)c1ccccc1. The quantitative estimate of drug-likeness (QED) is 0.802. The Morgan fingerprint density at radius 2 is 1.52 bits per heavy atom. The number of benzene rings is 2. The lowest BCUT2D eigenvalue weighted by Gasteiger charge is -2.31. The molecule has 0 aliphatic heterocycles. The number of nitrogens with zero attached hydrogens (tertiary/aromatic N) is 2. The molecule has 0 unspecified atom stereocenters. The number of carbonyl (C=O) groups excluding carboxylic acids is 3. The molecule has 0 saturated carbocycles. The van der Waals surface area contributed by atoms with E-state index in [-0.39, 0.29) is 12.0 Å². The van der Waals surface area contributed by atoms with Crippen molar-refractivity contribution in [3.8, 4) is 0 Å². The van der Waals surface area contributed by atoms with Gasteiger partial charge in [0.1, 0.15) is 17.7 Å². The van der Waals surface area contributed by atoms with Gasteiger partial charge >= 0.3 is 0 Å². The number of likely N-dealkylation sites (N-methyl/N-ethyl adjacent to an activating group) is 1. The monoisotopic (exact) mass is 403 g/mol. The predicted molar refractivity (Wildman–Crippen MR) is 105 cm³/mol. The molecule has 8 heteroatoms. The summed E-state index contributed by atoms with van der Waals surface area (Å²) in [6, 6.07) is 9.27. The Kier molecular flexibility index (Phi) is 7.17. The molecular weight excluding hydrogens is 380 g/mol. The van der Waals surface area contributed by atoms with E-state index in [0.717, 1.165) is 17.0 Å². The highest BCUT2D eigenvalue weighted by Crippen LogP contribution is 2.20. The van der Waals surface area contributed by atoms with Crippen LogP contribution in [-0.4, -0.2) is 41.8 Å². The second-order valence-corrected chi connectivity index (χ2v) is 6.75. The molecule has 0 radical (unpaired) electrons. The number of nitrogens with two attached hydrogens (primary N) is 1. The molecule has 0 aliphatic carbocycles. The van der Waals surface area contributed by atoms with Gasteiger partial charge in [-0.05, 0) is 43.7 Å². The Balaban J connectivity index is 2.35. The van der Waals surface area contributed by atoms with Crippen molar-refractivity contribution in [3.05, 3.63) is 65.7 Å². The maximum absolute atomic E-state index is 13.5. The number of imide groups is 1. The zero-order chi connectivity index (χ0) is 21.7. The normalized spacial score (nSPS) is 12.8. The first-order valence-corrected chi connectivity index (χ1v) is 9.01. The molecule has 0 aromatic heterocycles. The van der Waals surface area contributed by atoms with E-state index in [4.69, 9.17) is 5.73 Å². The minimum absolute atomic E-state index is 0.132. The van der Waals surface area contributed by atoms with Crippen molar-refractivity contribution in [1.82, 2.24) is 4.90 Å². The summed E-state index contributed by atoms with van der Waals surface area (Å²) in [7, 11) is 1.29. The van der Waals surface area contributed by atoms with Gasteiger partial charge in [0.25, 0.3) is 5.91 Å². The third kappa shape index (κ3) is 5.45. The Labute approximate surface area is 167 Å². The summed E-state index contributed by atoms with van der Waals surface area (Å²) in [6.45, 7) is 2.93. The van der Waals surface area contributed by atoms with E-state index < -0.39 is 41.4 Å². The smallest absolute Gasteiger partial charge is 0.251 e. The number of carbonyl (C=O) groups is 3. The topological polar surface area (TPSA) is 83.7 Å². The summed E-state index contributed by atoms with van der Waals surface area (Å²) in [5.41, 5.74) is 6.10. The van der Waals surface area contributed by atoms with Crippen molar-refractivity contribution in [2.45, 2.75) is 32.4 Å². The van der Waals surface area contributed by atoms with Crippen LogP contribution in [0.5, 0.6) is 0 Å². The number of anilines is 1. The highest BCUT2D eigenvalue weighted by molar-refractivity contribution is 6.06. The van der Waals surface area contributed by atoms with Gasteiger partial charge in [-0.2, -0.15) is 0 Å². The minimum Gasteiger partial charge on any atom is -0.320 e. The average molecular weight is 403 g/mol. The summed E-state index contributed by atoms with van der Waals surface area (Å²) < 4.78 is 27.0. The number of rotatable bonds is 6. The van der Waals surface area contributed by atoms with E-state index in [0.29, 0.717) is 11.8 Å². The van der Waals surface area contributed by atoms with Gasteiger partial charge in [-0.1, -0.05) is 18.2 Å². The van der Waals surface area contributed by atoms with Gasteiger partial charge in [0, 0.05) is 18.8 Å². The van der Waals surface area contributed by atoms with E-state index in [1.165, 1.54) is 25.8 Å². The maximum Gasteiger partial charge on any atom is 0.251 e. The molecule has 29 heavy (non-hydrogen) atoms. The molecule has 0 saturated heterocycles. The molecule has 2 atom stereocenters. The molecule has 2 aromatic carbocycles. The second-order valence-electron chi connectivity index (χ2n) is 6.75. The highest BCUT2D eigenvalue weighted by Gasteiger charge is 2.32. The van der Waals surface area contributed by atoms with Crippen molar-refractivity contribution < 1.29 is 23.2 Å². The maximum atomic E-state index is 13.5. The largest absolute Gasteiger partial charge is 0.320 e. The molecule has 0 spiro atoms. The fourth-order valence-corrected chi connectivity index (χ4v) is 2.95. The van der Waals surface area contributed by atoms with Gasteiger partial charge < -0.3 is 5.73 Å². The van der Waals surface area contributed by atoms with Crippen LogP contribution in [0.4, 0.5) is 14.5 Å². The lowest BCUT2D eigenvalue weighted by Crippen LogP contribution is -2.53. The Bertz CT molecular complexity index is 883. The van der Waals surface area contributed by atoms with Crippen molar-refractivity contribution >= 4 is 23.4 Å². The molecule has 154 valence electrons. The van der Waals surface area contributed by atoms with Gasteiger partial charge in [-0.3, -0.25) is 24.2 Å². The Morgan fingerprint density at radius 1 is 0.966 bits per heavy atom. The zero-order valence-corrected chi connectivity index (χ0v) is 16.4. The minimum atomic E-state index is -1.05. The Morgan fingerprint density at radius 3 is 2.03 bits per heavy atom. The second kappa shape index (κ2) is 9.38. The van der Waals surface area contributed by atoms with Crippen molar-refractivity contribution in [1.29, 1.82) is 0 Å². The third-order valence-electron chi connectivity index (χ3n) is 4.38. The van der Waals surface area contributed by atoms with Crippen LogP contribution in [0.15, 0.2) is 48.5 Å². The van der Waals surface area contributed by atoms with Gasteiger partial charge in [-0.15, -0.1) is 0 Å². The van der Waals surface area contributed by atoms with Crippen LogP contribution in [0, 0.1) is 11.6 Å². The molecule has 0 heterocycles. The van der Waals surface area contributed by atoms with Crippen LogP contribution in [0.3, 0.4) is 0 Å². The van der Waals surface area contributed by atoms with Crippen molar-refractivity contribution in [3.63, 3.8) is 0 Å². The number of hydrogen-bond acceptors (Lipinski definition) is 4. The van der Waals surface area contributed by atoms with E-state index >= 15 is 0 Å². The molecule has 2 rings (SSSR count). The number of halogens is 2. The third-order valence-corrected chi connectivity index (χ3v) is 4.38. The number of para-hydroxylation sites is 1. The van der Waals surface area contributed by atoms with Crippen LogP contribution in [0.1, 0.15) is 19.4 Å². The molecule has 6 nitrogen and oxygen atoms in total. The van der Waals surface area contributed by atoms with Gasteiger partial charge in [0.05, 0.1) is 12.5 Å². The average Bonchev–Trinajstić information content (AvgIpc) is 2.66. The van der Waals surface area contributed by atoms with E-state index in [9.17, 15) is 23.2 Å². The summed E-state index contributed by atoms with van der Waals surface area (Å²) in [5.74, 6) is -3.37. The van der Waals surface area contributed by atoms with Crippen LogP contribution in [-0.2, 0) is 20.8 Å². The molecule has 0 bridgehead atoms. The fraction of sp³-hybridized carbons (Fsp3) is 0.286. The van der Waals surface area contributed by atoms with Crippen molar-refractivity contribution in [2.75, 3.05) is 11.9 Å². The first-order chi connectivity index (χ1) is 13.6. The summed E-state index contributed by atoms with van der Waals surface area (Å²) in [6.07, 6.45) is -0.327. The van der Waals surface area contributed by atoms with Crippen LogP contribution in [0.25, 0.3) is 0 Å². The van der Waals surface area contributed by atoms with Crippen LogP contribution < -0.4 is 10.6 Å². The van der Waals surface area contributed by atoms with E-state index in [1.807, 2.05) is 0 Å². The number of amides is 3. The zero-order valence-electron chi connectivity index (χ0n) is 16.4. The summed E-state index contributed by atoms with van der Waals surface area (Å²) in [4.78, 5) is 40.0. The fourth-order valence-electron chi connectivity index (χ4n) is 2.95. The lowest BCUT2D eigenvalue weighted by atomic mass is 10.1. The summed E-state index contributed by atoms with van der Waals surface area (Å²) in [5, 5.41) is 0. The van der Waals surface area contributed by atoms with E-state index in [2.05, 4.69) is 0 Å². The molecule has 3 amide bonds. The van der Waals surface area contributed by atoms with Gasteiger partial charge in [-0.25, -0.2) is 8.78 Å². The first kappa shape index (κ1) is 22.2. The predicted octanol–water partition coefficient (Wildman–Crippen LogP) is 2.26. The Hall–Kier alpha value is -3.13. The molecule has 0 aliphatic rings. The molecule has 0 fully saturated rings. The van der Waals surface area contributed by atoms with Crippen LogP contribution >= 0.6 is 0 Å². The number of hydrogen-bond donors (Lipinski definition) is 1. The first-order valence-electron chi connectivity index (χ1n) is 9.01. The molecular formula is C21H23F2N3O3. The molecule has 2 aromatic rings. The van der Waals surface area contributed by atoms with Crippen molar-refractivity contribution in [2.24, 2.45) is 5.73 Å².